The van der Waals surface area contributed by atoms with Gasteiger partial charge in [-0.15, -0.1) is 0 Å². The predicted octanol–water partition coefficient (Wildman–Crippen LogP) is 2.81. The van der Waals surface area contributed by atoms with Crippen LogP contribution in [0.1, 0.15) is 12.5 Å². The average Bonchev–Trinajstić information content (AvgIpc) is 2.90. The number of carbonyl (C=O) groups is 1. The molecule has 0 saturated carbocycles. The number of anilines is 1. The van der Waals surface area contributed by atoms with Gasteiger partial charge in [0.1, 0.15) is 0 Å². The zero-order valence-corrected chi connectivity index (χ0v) is 16.8. The Morgan fingerprint density at radius 2 is 1.86 bits per heavy atom. The van der Waals surface area contributed by atoms with E-state index in [-0.39, 0.29) is 16.2 Å². The van der Waals surface area contributed by atoms with E-state index >= 15 is 0 Å². The van der Waals surface area contributed by atoms with E-state index in [0.717, 1.165) is 5.01 Å². The smallest absolute Gasteiger partial charge is 0.267 e. The highest BCUT2D eigenvalue weighted by Gasteiger charge is 2.29. The monoisotopic (exact) mass is 464 g/mol. The molecule has 0 aromatic heterocycles. The topological polar surface area (TPSA) is 136 Å². The maximum Gasteiger partial charge on any atom is 0.284 e. The second-order valence-corrected chi connectivity index (χ2v) is 8.28. The van der Waals surface area contributed by atoms with E-state index < -0.39 is 20.9 Å². The molecule has 9 nitrogen and oxygen atoms in total. The van der Waals surface area contributed by atoms with Gasteiger partial charge >= 0.3 is 0 Å². The lowest BCUT2D eigenvalue weighted by Gasteiger charge is -2.12. The maximum absolute atomic E-state index is 12.7. The van der Waals surface area contributed by atoms with E-state index in [1.165, 1.54) is 42.5 Å². The quantitative estimate of drug-likeness (QED) is 0.421. The molecular formula is C17H13BrN4O5S. The summed E-state index contributed by atoms with van der Waals surface area (Å²) in [5.74, 6) is -0.438. The number of nitrogens with two attached hydrogens (primary N) is 1. The van der Waals surface area contributed by atoms with Gasteiger partial charge in [0, 0.05) is 6.07 Å². The van der Waals surface area contributed by atoms with E-state index in [2.05, 4.69) is 21.0 Å². The molecule has 0 spiro atoms. The molecule has 0 aliphatic carbocycles. The van der Waals surface area contributed by atoms with Crippen LogP contribution in [0.15, 0.2) is 62.5 Å². The average molecular weight is 465 g/mol. The van der Waals surface area contributed by atoms with Crippen LogP contribution in [0.4, 0.5) is 11.4 Å². The molecule has 1 amide bonds. The lowest BCUT2D eigenvalue weighted by atomic mass is 10.1. The molecule has 3 rings (SSSR count). The fourth-order valence-electron chi connectivity index (χ4n) is 2.56. The molecule has 0 radical (unpaired) electrons. The van der Waals surface area contributed by atoms with Crippen LogP contribution in [-0.4, -0.2) is 25.0 Å². The second kappa shape index (κ2) is 7.26. The van der Waals surface area contributed by atoms with Crippen LogP contribution >= 0.6 is 15.9 Å². The molecule has 28 heavy (non-hydrogen) atoms. The zero-order valence-electron chi connectivity index (χ0n) is 14.4. The second-order valence-electron chi connectivity index (χ2n) is 5.87. The summed E-state index contributed by atoms with van der Waals surface area (Å²) in [7, 11) is -3.84. The first-order valence-electron chi connectivity index (χ1n) is 7.76. The molecule has 0 unspecified atom stereocenters. The number of hydrogen-bond donors (Lipinski definition) is 1. The third-order valence-electron chi connectivity index (χ3n) is 3.95. The Morgan fingerprint density at radius 3 is 2.43 bits per heavy atom. The lowest BCUT2D eigenvalue weighted by Crippen LogP contribution is -2.21. The van der Waals surface area contributed by atoms with Crippen LogP contribution < -0.4 is 10.1 Å². The van der Waals surface area contributed by atoms with Crippen LogP contribution in [0.3, 0.4) is 0 Å². The van der Waals surface area contributed by atoms with Gasteiger partial charge in [0.05, 0.1) is 31.3 Å². The van der Waals surface area contributed by atoms with Crippen molar-refractivity contribution in [3.63, 3.8) is 0 Å². The van der Waals surface area contributed by atoms with Crippen LogP contribution in [0, 0.1) is 10.1 Å². The van der Waals surface area contributed by atoms with Crippen LogP contribution in [0.2, 0.25) is 0 Å². The van der Waals surface area contributed by atoms with E-state index in [1.54, 1.807) is 13.0 Å². The number of rotatable bonds is 4. The Hall–Kier alpha value is -2.89. The van der Waals surface area contributed by atoms with E-state index in [0.29, 0.717) is 21.4 Å². The van der Waals surface area contributed by atoms with Gasteiger partial charge in [-0.05, 0) is 64.8 Å². The van der Waals surface area contributed by atoms with Crippen molar-refractivity contribution in [1.82, 2.24) is 0 Å². The minimum absolute atomic E-state index is 0.0819. The molecule has 0 bridgehead atoms. The molecule has 144 valence electrons. The number of sulfonamides is 1. The molecular weight excluding hydrogens is 452 g/mol. The van der Waals surface area contributed by atoms with Crippen LogP contribution in [-0.2, 0) is 14.8 Å². The molecule has 0 saturated heterocycles. The Balaban J connectivity index is 1.94. The highest BCUT2D eigenvalue weighted by Crippen LogP contribution is 2.29. The molecule has 1 heterocycles. The number of benzene rings is 2. The van der Waals surface area contributed by atoms with Crippen molar-refractivity contribution in [1.29, 1.82) is 0 Å². The number of hydrazone groups is 1. The summed E-state index contributed by atoms with van der Waals surface area (Å²) in [6.07, 6.45) is 1.51. The number of nitrogens with zero attached hydrogens (tertiary/aromatic N) is 3. The Kier molecular flexibility index (Phi) is 5.15. The number of halogens is 1. The third kappa shape index (κ3) is 3.86. The first kappa shape index (κ1) is 19.9. The fourth-order valence-corrected chi connectivity index (χ4v) is 3.47. The van der Waals surface area contributed by atoms with Gasteiger partial charge in [-0.3, -0.25) is 14.9 Å². The minimum atomic E-state index is -3.84. The standard InChI is InChI=1S/C17H13BrN4O5S/c1-10-14(8-11-2-7-15(18)16(9-11)22(24)25)17(23)21(20-10)12-3-5-13(6-4-12)28(19,26)27/h2-9H,1H3,(H2,19,26,27)/b14-8-. The van der Waals surface area contributed by atoms with Gasteiger partial charge in [0.15, 0.2) is 0 Å². The zero-order chi connectivity index (χ0) is 20.6. The maximum atomic E-state index is 12.7. The number of primary sulfonamides is 1. The molecule has 0 atom stereocenters. The van der Waals surface area contributed by atoms with Crippen LogP contribution in [0.25, 0.3) is 6.08 Å². The minimum Gasteiger partial charge on any atom is -0.267 e. The summed E-state index contributed by atoms with van der Waals surface area (Å²) < 4.78 is 23.0. The van der Waals surface area contributed by atoms with Gasteiger partial charge in [-0.1, -0.05) is 6.07 Å². The number of carbonyl (C=O) groups excluding carboxylic acids is 1. The Morgan fingerprint density at radius 1 is 1.21 bits per heavy atom. The largest absolute Gasteiger partial charge is 0.284 e. The molecule has 2 aromatic carbocycles. The summed E-state index contributed by atoms with van der Waals surface area (Å²) in [5, 5.41) is 21.5. The van der Waals surface area contributed by atoms with Gasteiger partial charge in [0.2, 0.25) is 10.0 Å². The Labute approximate surface area is 168 Å². The van der Waals surface area contributed by atoms with Crippen molar-refractivity contribution < 1.29 is 18.1 Å². The van der Waals surface area contributed by atoms with Crippen molar-refractivity contribution in [2.24, 2.45) is 10.2 Å². The van der Waals surface area contributed by atoms with Gasteiger partial charge in [-0.25, -0.2) is 13.6 Å². The number of hydrogen-bond acceptors (Lipinski definition) is 6. The molecule has 0 fully saturated rings. The summed E-state index contributed by atoms with van der Waals surface area (Å²) in [4.78, 5) is 23.2. The highest BCUT2D eigenvalue weighted by molar-refractivity contribution is 9.10. The molecule has 1 aliphatic rings. The summed E-state index contributed by atoms with van der Waals surface area (Å²) in [6, 6.07) is 9.91. The Bertz CT molecular complexity index is 1160. The van der Waals surface area contributed by atoms with E-state index in [9.17, 15) is 23.3 Å². The summed E-state index contributed by atoms with van der Waals surface area (Å²) in [6.45, 7) is 1.63. The van der Waals surface area contributed by atoms with E-state index in [1.807, 2.05) is 0 Å². The predicted molar refractivity (Wildman–Crippen MR) is 107 cm³/mol. The van der Waals surface area contributed by atoms with Gasteiger partial charge in [-0.2, -0.15) is 10.1 Å². The normalized spacial score (nSPS) is 15.8. The van der Waals surface area contributed by atoms with Crippen molar-refractivity contribution in [3.05, 3.63) is 68.2 Å². The van der Waals surface area contributed by atoms with Crippen molar-refractivity contribution in [3.8, 4) is 0 Å². The van der Waals surface area contributed by atoms with Crippen molar-refractivity contribution in [2.45, 2.75) is 11.8 Å². The lowest BCUT2D eigenvalue weighted by molar-refractivity contribution is -0.385. The molecule has 2 aromatic rings. The summed E-state index contributed by atoms with van der Waals surface area (Å²) in [5.41, 5.74) is 1.41. The summed E-state index contributed by atoms with van der Waals surface area (Å²) >= 11 is 3.11. The van der Waals surface area contributed by atoms with E-state index in [4.69, 9.17) is 5.14 Å². The van der Waals surface area contributed by atoms with Crippen molar-refractivity contribution in [2.75, 3.05) is 5.01 Å². The first-order valence-corrected chi connectivity index (χ1v) is 10.1. The SMILES string of the molecule is CC1=NN(c2ccc(S(N)(=O)=O)cc2)C(=O)/C1=C\c1ccc(Br)c([N+](=O)[O-])c1. The first-order chi connectivity index (χ1) is 13.1. The molecule has 1 aliphatic heterocycles. The van der Waals surface area contributed by atoms with Gasteiger partial charge < -0.3 is 0 Å². The fraction of sp³-hybridized carbons (Fsp3) is 0.0588. The number of nitro benzene ring substituents is 1. The van der Waals surface area contributed by atoms with Crippen LogP contribution in [0.5, 0.6) is 0 Å². The number of amides is 1. The molecule has 2 N–H and O–H groups in total. The van der Waals surface area contributed by atoms with Crippen molar-refractivity contribution >= 4 is 55.0 Å². The third-order valence-corrected chi connectivity index (χ3v) is 5.55. The number of nitro groups is 1. The highest BCUT2D eigenvalue weighted by atomic mass is 79.9. The molecule has 11 heteroatoms. The van der Waals surface area contributed by atoms with Gasteiger partial charge in [0.25, 0.3) is 11.6 Å².